The molecule has 4 nitrogen and oxygen atoms in total. The summed E-state index contributed by atoms with van der Waals surface area (Å²) < 4.78 is 0. The maximum atomic E-state index is 10.6. The van der Waals surface area contributed by atoms with Gasteiger partial charge in [0.05, 0.1) is 16.5 Å². The van der Waals surface area contributed by atoms with E-state index in [2.05, 4.69) is 4.98 Å². The average Bonchev–Trinajstić information content (AvgIpc) is 2.77. The summed E-state index contributed by atoms with van der Waals surface area (Å²) >= 11 is 7.09. The molecule has 1 aromatic heterocycles. The van der Waals surface area contributed by atoms with Gasteiger partial charge in [0.15, 0.2) is 0 Å². The second kappa shape index (κ2) is 4.59. The van der Waals surface area contributed by atoms with Crippen LogP contribution in [0.15, 0.2) is 29.6 Å². The Morgan fingerprint density at radius 3 is 2.94 bits per heavy atom. The van der Waals surface area contributed by atoms with Crippen LogP contribution in [0.1, 0.15) is 5.01 Å². The van der Waals surface area contributed by atoms with Gasteiger partial charge in [-0.1, -0.05) is 12.1 Å². The highest BCUT2D eigenvalue weighted by Gasteiger charge is 2.09. The van der Waals surface area contributed by atoms with E-state index < -0.39 is 4.92 Å². The molecule has 0 N–H and O–H groups in total. The van der Waals surface area contributed by atoms with Crippen LogP contribution in [0.5, 0.6) is 0 Å². The second-order valence-corrected chi connectivity index (χ2v) is 4.28. The second-order valence-electron chi connectivity index (χ2n) is 3.07. The van der Waals surface area contributed by atoms with E-state index in [1.807, 2.05) is 5.38 Å². The first-order valence-electron chi connectivity index (χ1n) is 4.46. The van der Waals surface area contributed by atoms with Crippen molar-refractivity contribution in [3.05, 3.63) is 44.8 Å². The number of alkyl halides is 1. The normalized spacial score (nSPS) is 10.3. The van der Waals surface area contributed by atoms with E-state index in [1.165, 1.54) is 23.5 Å². The van der Waals surface area contributed by atoms with Gasteiger partial charge < -0.3 is 0 Å². The molecule has 16 heavy (non-hydrogen) atoms. The van der Waals surface area contributed by atoms with Crippen molar-refractivity contribution in [1.82, 2.24) is 4.98 Å². The Balaban J connectivity index is 2.40. The lowest BCUT2D eigenvalue weighted by molar-refractivity contribution is -0.384. The Morgan fingerprint density at radius 1 is 1.50 bits per heavy atom. The summed E-state index contributed by atoms with van der Waals surface area (Å²) in [4.78, 5) is 14.5. The number of nitro groups is 1. The van der Waals surface area contributed by atoms with Gasteiger partial charge in [0.2, 0.25) is 0 Å². The number of non-ortho nitro benzene ring substituents is 1. The van der Waals surface area contributed by atoms with Crippen LogP contribution in [0, 0.1) is 10.1 Å². The summed E-state index contributed by atoms with van der Waals surface area (Å²) in [5.41, 5.74) is 1.53. The lowest BCUT2D eigenvalue weighted by atomic mass is 10.1. The maximum Gasteiger partial charge on any atom is 0.270 e. The van der Waals surface area contributed by atoms with Crippen molar-refractivity contribution < 1.29 is 4.92 Å². The fraction of sp³-hybridized carbons (Fsp3) is 0.100. The molecule has 0 spiro atoms. The van der Waals surface area contributed by atoms with E-state index >= 15 is 0 Å². The highest BCUT2D eigenvalue weighted by atomic mass is 35.5. The zero-order chi connectivity index (χ0) is 11.5. The highest BCUT2D eigenvalue weighted by Crippen LogP contribution is 2.25. The number of thiazole rings is 1. The van der Waals surface area contributed by atoms with Crippen LogP contribution < -0.4 is 0 Å². The number of halogens is 1. The van der Waals surface area contributed by atoms with Crippen LogP contribution in [0.3, 0.4) is 0 Å². The maximum absolute atomic E-state index is 10.6. The zero-order valence-electron chi connectivity index (χ0n) is 8.09. The molecule has 0 aliphatic heterocycles. The van der Waals surface area contributed by atoms with Gasteiger partial charge in [0.25, 0.3) is 5.69 Å². The lowest BCUT2D eigenvalue weighted by Crippen LogP contribution is -1.88. The fourth-order valence-electron chi connectivity index (χ4n) is 1.28. The van der Waals surface area contributed by atoms with Crippen LogP contribution in [-0.4, -0.2) is 9.91 Å². The van der Waals surface area contributed by atoms with Crippen LogP contribution in [0.25, 0.3) is 11.3 Å². The predicted octanol–water partition coefficient (Wildman–Crippen LogP) is 3.46. The van der Waals surface area contributed by atoms with E-state index in [-0.39, 0.29) is 5.69 Å². The van der Waals surface area contributed by atoms with E-state index in [4.69, 9.17) is 11.6 Å². The monoisotopic (exact) mass is 254 g/mol. The molecule has 2 rings (SSSR count). The molecule has 0 saturated heterocycles. The number of hydrogen-bond acceptors (Lipinski definition) is 4. The molecule has 0 aliphatic rings. The van der Waals surface area contributed by atoms with Gasteiger partial charge in [0.1, 0.15) is 5.01 Å². The Hall–Kier alpha value is -1.46. The molecule has 0 bridgehead atoms. The van der Waals surface area contributed by atoms with Gasteiger partial charge in [-0.05, 0) is 0 Å². The van der Waals surface area contributed by atoms with Crippen molar-refractivity contribution in [2.75, 3.05) is 0 Å². The van der Waals surface area contributed by atoms with Crippen molar-refractivity contribution in [1.29, 1.82) is 0 Å². The molecular weight excluding hydrogens is 248 g/mol. The minimum Gasteiger partial charge on any atom is -0.258 e. The number of benzene rings is 1. The van der Waals surface area contributed by atoms with Gasteiger partial charge >= 0.3 is 0 Å². The average molecular weight is 255 g/mol. The largest absolute Gasteiger partial charge is 0.270 e. The standard InChI is InChI=1S/C10H7ClN2O2S/c11-5-10-12-9(6-16-10)7-2-1-3-8(4-7)13(14)15/h1-4,6H,5H2. The first-order valence-corrected chi connectivity index (χ1v) is 5.87. The summed E-state index contributed by atoms with van der Waals surface area (Å²) in [6.07, 6.45) is 0. The number of aromatic nitrogens is 1. The third-order valence-corrected chi connectivity index (χ3v) is 3.28. The first-order chi connectivity index (χ1) is 7.70. The lowest BCUT2D eigenvalue weighted by Gasteiger charge is -1.96. The first kappa shape index (κ1) is 11.0. The molecule has 82 valence electrons. The molecule has 0 amide bonds. The number of nitro benzene ring substituents is 1. The minimum atomic E-state index is -0.418. The number of rotatable bonds is 3. The third-order valence-electron chi connectivity index (χ3n) is 2.02. The highest BCUT2D eigenvalue weighted by molar-refractivity contribution is 7.10. The molecule has 0 saturated carbocycles. The molecule has 0 atom stereocenters. The van der Waals surface area contributed by atoms with Crippen LogP contribution in [0.2, 0.25) is 0 Å². The van der Waals surface area contributed by atoms with Crippen molar-refractivity contribution in [2.45, 2.75) is 5.88 Å². The van der Waals surface area contributed by atoms with Crippen LogP contribution >= 0.6 is 22.9 Å². The van der Waals surface area contributed by atoms with E-state index in [1.54, 1.807) is 12.1 Å². The van der Waals surface area contributed by atoms with Crippen molar-refractivity contribution >= 4 is 28.6 Å². The van der Waals surface area contributed by atoms with Crippen molar-refractivity contribution in [3.8, 4) is 11.3 Å². The Bertz CT molecular complexity index is 527. The number of nitrogens with zero attached hydrogens (tertiary/aromatic N) is 2. The molecule has 0 aliphatic carbocycles. The fourth-order valence-corrected chi connectivity index (χ4v) is 2.18. The molecule has 6 heteroatoms. The summed E-state index contributed by atoms with van der Waals surface area (Å²) in [7, 11) is 0. The zero-order valence-corrected chi connectivity index (χ0v) is 9.66. The van der Waals surface area contributed by atoms with Crippen LogP contribution in [0.4, 0.5) is 5.69 Å². The molecule has 1 heterocycles. The third kappa shape index (κ3) is 2.20. The molecular formula is C10H7ClN2O2S. The van der Waals surface area contributed by atoms with E-state index in [0.717, 1.165) is 16.3 Å². The Kier molecular flexibility index (Phi) is 3.17. The molecule has 0 unspecified atom stereocenters. The predicted molar refractivity (Wildman–Crippen MR) is 63.8 cm³/mol. The molecule has 1 aromatic carbocycles. The van der Waals surface area contributed by atoms with Crippen molar-refractivity contribution in [2.24, 2.45) is 0 Å². The summed E-state index contributed by atoms with van der Waals surface area (Å²) in [6, 6.07) is 6.40. The molecule has 0 fully saturated rings. The van der Waals surface area contributed by atoms with Crippen molar-refractivity contribution in [3.63, 3.8) is 0 Å². The summed E-state index contributed by atoms with van der Waals surface area (Å²) in [6.45, 7) is 0. The van der Waals surface area contributed by atoms with E-state index in [0.29, 0.717) is 5.88 Å². The molecule has 2 aromatic rings. The minimum absolute atomic E-state index is 0.0675. The van der Waals surface area contributed by atoms with Crippen LogP contribution in [-0.2, 0) is 5.88 Å². The smallest absolute Gasteiger partial charge is 0.258 e. The number of hydrogen-bond donors (Lipinski definition) is 0. The van der Waals surface area contributed by atoms with Gasteiger partial charge in [-0.15, -0.1) is 22.9 Å². The Labute approximate surface area is 101 Å². The topological polar surface area (TPSA) is 56.0 Å². The van der Waals surface area contributed by atoms with Gasteiger partial charge in [-0.25, -0.2) is 4.98 Å². The summed E-state index contributed by atoms with van der Waals surface area (Å²) in [5, 5.41) is 13.3. The SMILES string of the molecule is O=[N+]([O-])c1cccc(-c2csc(CCl)n2)c1. The Morgan fingerprint density at radius 2 is 2.31 bits per heavy atom. The van der Waals surface area contributed by atoms with Gasteiger partial charge in [0, 0.05) is 23.1 Å². The van der Waals surface area contributed by atoms with E-state index in [9.17, 15) is 10.1 Å². The van der Waals surface area contributed by atoms with Gasteiger partial charge in [-0.3, -0.25) is 10.1 Å². The quantitative estimate of drug-likeness (QED) is 0.479. The van der Waals surface area contributed by atoms with Gasteiger partial charge in [-0.2, -0.15) is 0 Å². The summed E-state index contributed by atoms with van der Waals surface area (Å²) in [5.74, 6) is 0.361. The molecule has 0 radical (unpaired) electrons.